The second-order valence-electron chi connectivity index (χ2n) is 23.8. The van der Waals surface area contributed by atoms with E-state index in [1.54, 1.807) is 0 Å². The predicted octanol–water partition coefficient (Wildman–Crippen LogP) is 21.5. The summed E-state index contributed by atoms with van der Waals surface area (Å²) in [4.78, 5) is 38.3. The molecular weight excluding hydrogens is 877 g/mol. The third-order valence-corrected chi connectivity index (χ3v) is 14.9. The molecule has 0 aliphatic carbocycles. The maximum absolute atomic E-state index is 12.9. The van der Waals surface area contributed by atoms with Crippen molar-refractivity contribution in [1.82, 2.24) is 0 Å². The van der Waals surface area contributed by atoms with Crippen LogP contribution in [0.2, 0.25) is 0 Å². The summed E-state index contributed by atoms with van der Waals surface area (Å²) >= 11 is 0. The molecule has 6 heteroatoms. The Balaban J connectivity index is 4.28. The Labute approximate surface area is 444 Å². The molecule has 0 rings (SSSR count). The van der Waals surface area contributed by atoms with Crippen molar-refractivity contribution in [2.75, 3.05) is 13.2 Å². The van der Waals surface area contributed by atoms with Crippen molar-refractivity contribution in [2.24, 2.45) is 17.8 Å². The van der Waals surface area contributed by atoms with Gasteiger partial charge in [0.1, 0.15) is 13.2 Å². The maximum Gasteiger partial charge on any atom is 0.306 e. The van der Waals surface area contributed by atoms with Gasteiger partial charge in [-0.05, 0) is 37.0 Å². The molecular formula is C65H126O6. The number of ether oxygens (including phenoxy) is 3. The highest BCUT2D eigenvalue weighted by molar-refractivity contribution is 5.71. The Bertz CT molecular complexity index is 1100. The average molecular weight is 1000 g/mol. The van der Waals surface area contributed by atoms with Gasteiger partial charge in [0.25, 0.3) is 0 Å². The zero-order chi connectivity index (χ0) is 51.9. The van der Waals surface area contributed by atoms with Crippen molar-refractivity contribution in [3.8, 4) is 0 Å². The molecule has 1 atom stereocenters. The molecule has 0 aromatic heterocycles. The molecule has 0 aliphatic rings. The van der Waals surface area contributed by atoms with Gasteiger partial charge in [0.05, 0.1) is 0 Å². The van der Waals surface area contributed by atoms with Gasteiger partial charge in [-0.1, -0.05) is 324 Å². The molecule has 0 saturated carbocycles. The lowest BCUT2D eigenvalue weighted by atomic mass is 10.0. The molecule has 0 aliphatic heterocycles. The molecule has 0 fully saturated rings. The fourth-order valence-corrected chi connectivity index (χ4v) is 10.1. The Hall–Kier alpha value is -1.59. The van der Waals surface area contributed by atoms with E-state index >= 15 is 0 Å². The van der Waals surface area contributed by atoms with Crippen LogP contribution in [0.1, 0.15) is 363 Å². The van der Waals surface area contributed by atoms with Crippen LogP contribution in [-0.2, 0) is 28.6 Å². The molecule has 0 radical (unpaired) electrons. The maximum atomic E-state index is 12.9. The first kappa shape index (κ1) is 69.4. The molecule has 0 amide bonds. The number of carbonyl (C=O) groups excluding carboxylic acids is 3. The Morgan fingerprint density at radius 3 is 0.606 bits per heavy atom. The van der Waals surface area contributed by atoms with Gasteiger partial charge < -0.3 is 14.2 Å². The summed E-state index contributed by atoms with van der Waals surface area (Å²) in [5, 5.41) is 0. The smallest absolute Gasteiger partial charge is 0.306 e. The molecule has 0 aromatic carbocycles. The standard InChI is InChI=1S/C65H126O6/c1-59(2)51-45-39-33-27-21-15-11-9-7-8-10-12-18-26-32-38-44-50-56-65(68)71-62(58-70-64(67)55-49-43-37-31-25-20-19-23-29-35-41-47-53-61(5)6)57-69-63(66)54-48-42-36-30-24-17-14-13-16-22-28-34-40-46-52-60(3)4/h59-62H,7-58H2,1-6H3/t62-/m1/s1. The van der Waals surface area contributed by atoms with Gasteiger partial charge in [-0.2, -0.15) is 0 Å². The van der Waals surface area contributed by atoms with Crippen molar-refractivity contribution < 1.29 is 28.6 Å². The van der Waals surface area contributed by atoms with Crippen molar-refractivity contribution in [2.45, 2.75) is 369 Å². The lowest BCUT2D eigenvalue weighted by Gasteiger charge is -2.18. The first-order chi connectivity index (χ1) is 34.6. The lowest BCUT2D eigenvalue weighted by Crippen LogP contribution is -2.30. The summed E-state index contributed by atoms with van der Waals surface area (Å²) in [6, 6.07) is 0. The Morgan fingerprint density at radius 2 is 0.408 bits per heavy atom. The summed E-state index contributed by atoms with van der Waals surface area (Å²) in [7, 11) is 0. The van der Waals surface area contributed by atoms with Crippen molar-refractivity contribution in [1.29, 1.82) is 0 Å². The van der Waals surface area contributed by atoms with Gasteiger partial charge in [0, 0.05) is 19.3 Å². The summed E-state index contributed by atoms with van der Waals surface area (Å²) in [5.41, 5.74) is 0. The topological polar surface area (TPSA) is 78.9 Å². The first-order valence-corrected chi connectivity index (χ1v) is 32.1. The van der Waals surface area contributed by atoms with Crippen LogP contribution >= 0.6 is 0 Å². The zero-order valence-corrected chi connectivity index (χ0v) is 49.0. The van der Waals surface area contributed by atoms with E-state index in [4.69, 9.17) is 14.2 Å². The highest BCUT2D eigenvalue weighted by atomic mass is 16.6. The summed E-state index contributed by atoms with van der Waals surface area (Å²) in [5.74, 6) is 1.70. The molecule has 0 unspecified atom stereocenters. The van der Waals surface area contributed by atoms with Crippen LogP contribution in [0.5, 0.6) is 0 Å². The van der Waals surface area contributed by atoms with E-state index in [1.165, 1.54) is 244 Å². The lowest BCUT2D eigenvalue weighted by molar-refractivity contribution is -0.167. The van der Waals surface area contributed by atoms with Crippen LogP contribution in [0.25, 0.3) is 0 Å². The van der Waals surface area contributed by atoms with Crippen molar-refractivity contribution >= 4 is 17.9 Å². The molecule has 0 bridgehead atoms. The van der Waals surface area contributed by atoms with E-state index in [0.717, 1.165) is 75.5 Å². The zero-order valence-electron chi connectivity index (χ0n) is 49.0. The number of rotatable bonds is 58. The Kier molecular flexibility index (Phi) is 54.9. The molecule has 0 heterocycles. The number of hydrogen-bond donors (Lipinski definition) is 0. The summed E-state index contributed by atoms with van der Waals surface area (Å²) in [6.07, 6.45) is 61.0. The van der Waals surface area contributed by atoms with Crippen LogP contribution in [-0.4, -0.2) is 37.2 Å². The molecule has 6 nitrogen and oxygen atoms in total. The van der Waals surface area contributed by atoms with Crippen molar-refractivity contribution in [3.63, 3.8) is 0 Å². The molecule has 422 valence electrons. The SMILES string of the molecule is CC(C)CCCCCCCCCCCCCCCCCCCCC(=O)O[C@H](COC(=O)CCCCCCCCCCCCCCCCC(C)C)COC(=O)CCCCCCCCCCCCCCC(C)C. The van der Waals surface area contributed by atoms with Crippen LogP contribution in [0.4, 0.5) is 0 Å². The van der Waals surface area contributed by atoms with E-state index < -0.39 is 6.10 Å². The highest BCUT2D eigenvalue weighted by Gasteiger charge is 2.19. The predicted molar refractivity (Wildman–Crippen MR) is 307 cm³/mol. The van der Waals surface area contributed by atoms with E-state index in [1.807, 2.05) is 0 Å². The first-order valence-electron chi connectivity index (χ1n) is 32.1. The summed E-state index contributed by atoms with van der Waals surface area (Å²) in [6.45, 7) is 13.8. The quantitative estimate of drug-likeness (QED) is 0.0343. The highest BCUT2D eigenvalue weighted by Crippen LogP contribution is 2.19. The molecule has 0 spiro atoms. The minimum absolute atomic E-state index is 0.0626. The van der Waals surface area contributed by atoms with Crippen LogP contribution in [0, 0.1) is 17.8 Å². The van der Waals surface area contributed by atoms with E-state index in [-0.39, 0.29) is 31.1 Å². The van der Waals surface area contributed by atoms with E-state index in [9.17, 15) is 14.4 Å². The number of carbonyl (C=O) groups is 3. The molecule has 0 aromatic rings. The summed E-state index contributed by atoms with van der Waals surface area (Å²) < 4.78 is 17.0. The van der Waals surface area contributed by atoms with Crippen LogP contribution < -0.4 is 0 Å². The fraction of sp³-hybridized carbons (Fsp3) is 0.954. The third kappa shape index (κ3) is 59.2. The van der Waals surface area contributed by atoms with Gasteiger partial charge in [-0.25, -0.2) is 0 Å². The third-order valence-electron chi connectivity index (χ3n) is 14.9. The number of hydrogen-bond acceptors (Lipinski definition) is 6. The molecule has 0 saturated heterocycles. The Morgan fingerprint density at radius 1 is 0.239 bits per heavy atom. The number of unbranched alkanes of at least 4 members (excludes halogenated alkanes) is 41. The monoisotopic (exact) mass is 1000 g/mol. The minimum Gasteiger partial charge on any atom is -0.462 e. The largest absolute Gasteiger partial charge is 0.462 e. The minimum atomic E-state index is -0.764. The normalized spacial score (nSPS) is 12.1. The molecule has 0 N–H and O–H groups in total. The van der Waals surface area contributed by atoms with E-state index in [2.05, 4.69) is 41.5 Å². The van der Waals surface area contributed by atoms with Gasteiger partial charge in [-0.3, -0.25) is 14.4 Å². The second-order valence-corrected chi connectivity index (χ2v) is 23.8. The van der Waals surface area contributed by atoms with Crippen LogP contribution in [0.15, 0.2) is 0 Å². The van der Waals surface area contributed by atoms with Gasteiger partial charge in [0.2, 0.25) is 0 Å². The fourth-order valence-electron chi connectivity index (χ4n) is 10.1. The average Bonchev–Trinajstić information content (AvgIpc) is 3.33. The van der Waals surface area contributed by atoms with Crippen LogP contribution in [0.3, 0.4) is 0 Å². The van der Waals surface area contributed by atoms with E-state index in [0.29, 0.717) is 19.3 Å². The number of esters is 3. The van der Waals surface area contributed by atoms with Crippen molar-refractivity contribution in [3.05, 3.63) is 0 Å². The van der Waals surface area contributed by atoms with Gasteiger partial charge >= 0.3 is 17.9 Å². The van der Waals surface area contributed by atoms with Gasteiger partial charge in [-0.15, -0.1) is 0 Å². The second kappa shape index (κ2) is 56.1. The molecule has 71 heavy (non-hydrogen) atoms. The van der Waals surface area contributed by atoms with Gasteiger partial charge in [0.15, 0.2) is 6.10 Å².